The van der Waals surface area contributed by atoms with Gasteiger partial charge in [-0.05, 0) is 49.9 Å². The highest BCUT2D eigenvalue weighted by atomic mass is 32.2. The smallest absolute Gasteiger partial charge is 0.245 e. The molecule has 33 heavy (non-hydrogen) atoms. The van der Waals surface area contributed by atoms with E-state index in [0.717, 1.165) is 23.1 Å². The predicted molar refractivity (Wildman–Crippen MR) is 126 cm³/mol. The van der Waals surface area contributed by atoms with Crippen molar-refractivity contribution in [2.45, 2.75) is 50.0 Å². The zero-order valence-corrected chi connectivity index (χ0v) is 19.5. The molecule has 2 aliphatic rings. The Balaban J connectivity index is 1.58. The van der Waals surface area contributed by atoms with Crippen molar-refractivity contribution in [2.24, 2.45) is 5.92 Å². The van der Waals surface area contributed by atoms with Crippen molar-refractivity contribution in [3.05, 3.63) is 101 Å². The third-order valence-electron chi connectivity index (χ3n) is 6.79. The van der Waals surface area contributed by atoms with Crippen LogP contribution in [0.4, 0.5) is 0 Å². The number of ketones is 1. The van der Waals surface area contributed by atoms with Crippen LogP contribution in [-0.4, -0.2) is 30.8 Å². The number of hydrogen-bond acceptors (Lipinski definition) is 4. The summed E-state index contributed by atoms with van der Waals surface area (Å²) in [5.41, 5.74) is 3.57. The molecule has 0 saturated carbocycles. The number of fused-ring (bicyclic) bond motifs is 1. The second-order valence-corrected chi connectivity index (χ2v) is 10.8. The number of rotatable bonds is 4. The molecular formula is C27H27NO4S. The molecule has 3 aromatic carbocycles. The van der Waals surface area contributed by atoms with E-state index in [1.165, 1.54) is 4.31 Å². The van der Waals surface area contributed by atoms with Gasteiger partial charge in [-0.15, -0.1) is 0 Å². The summed E-state index contributed by atoms with van der Waals surface area (Å²) in [7, 11) is -3.89. The van der Waals surface area contributed by atoms with Crippen LogP contribution in [0.3, 0.4) is 0 Å². The van der Waals surface area contributed by atoms with Gasteiger partial charge in [0.2, 0.25) is 10.0 Å². The van der Waals surface area contributed by atoms with Crippen molar-refractivity contribution < 1.29 is 17.9 Å². The van der Waals surface area contributed by atoms with Crippen molar-refractivity contribution in [1.82, 2.24) is 4.31 Å². The Morgan fingerprint density at radius 1 is 0.909 bits per heavy atom. The zero-order chi connectivity index (χ0) is 23.2. The molecule has 6 heteroatoms. The Kier molecular flexibility index (Phi) is 5.69. The summed E-state index contributed by atoms with van der Waals surface area (Å²) in [6, 6.07) is 23.6. The Morgan fingerprint density at radius 2 is 1.58 bits per heavy atom. The van der Waals surface area contributed by atoms with Crippen molar-refractivity contribution in [1.29, 1.82) is 0 Å². The molecule has 4 atom stereocenters. The van der Waals surface area contributed by atoms with E-state index >= 15 is 0 Å². The number of hydrogen-bond donors (Lipinski definition) is 0. The molecule has 3 aromatic rings. The van der Waals surface area contributed by atoms with E-state index in [2.05, 4.69) is 0 Å². The maximum Gasteiger partial charge on any atom is 0.245 e. The molecule has 0 amide bonds. The fourth-order valence-corrected chi connectivity index (χ4v) is 6.78. The van der Waals surface area contributed by atoms with Crippen LogP contribution in [-0.2, 0) is 21.2 Å². The van der Waals surface area contributed by atoms with Crippen LogP contribution in [0, 0.1) is 12.8 Å². The SMILES string of the molecule is Cc1ccc(S(=O)(=O)N2[C@H](C)[C@@H](c3ccccc3)O[C@@H]2[C@@H]2CCc3ccccc3C2=O)cc1. The molecule has 0 aromatic heterocycles. The second-order valence-electron chi connectivity index (χ2n) is 8.91. The van der Waals surface area contributed by atoms with Gasteiger partial charge in [-0.1, -0.05) is 72.3 Å². The van der Waals surface area contributed by atoms with Crippen LogP contribution in [0.2, 0.25) is 0 Å². The van der Waals surface area contributed by atoms with Gasteiger partial charge < -0.3 is 4.74 Å². The second kappa shape index (κ2) is 8.52. The minimum atomic E-state index is -3.89. The molecule has 0 N–H and O–H groups in total. The van der Waals surface area contributed by atoms with Crippen molar-refractivity contribution in [2.75, 3.05) is 0 Å². The van der Waals surface area contributed by atoms with Crippen molar-refractivity contribution in [3.8, 4) is 0 Å². The number of nitrogens with zero attached hydrogens (tertiary/aromatic N) is 1. The molecule has 5 nitrogen and oxygen atoms in total. The topological polar surface area (TPSA) is 63.7 Å². The van der Waals surface area contributed by atoms with E-state index in [1.807, 2.05) is 68.4 Å². The minimum absolute atomic E-state index is 0.0492. The van der Waals surface area contributed by atoms with Crippen LogP contribution < -0.4 is 0 Å². The Hall–Kier alpha value is -2.80. The third-order valence-corrected chi connectivity index (χ3v) is 8.75. The average Bonchev–Trinajstić information content (AvgIpc) is 3.18. The summed E-state index contributed by atoms with van der Waals surface area (Å²) in [4.78, 5) is 13.7. The molecule has 0 bridgehead atoms. The maximum absolute atomic E-state index is 13.9. The van der Waals surface area contributed by atoms with Gasteiger partial charge in [0.1, 0.15) is 12.3 Å². The van der Waals surface area contributed by atoms with Crippen LogP contribution in [0.25, 0.3) is 0 Å². The molecule has 0 unspecified atom stereocenters. The molecule has 1 fully saturated rings. The number of carbonyl (C=O) groups excluding carboxylic acids is 1. The molecule has 1 heterocycles. The molecule has 0 spiro atoms. The first-order valence-electron chi connectivity index (χ1n) is 11.3. The number of benzene rings is 3. The van der Waals surface area contributed by atoms with Crippen molar-refractivity contribution in [3.63, 3.8) is 0 Å². The first kappa shape index (κ1) is 22.0. The third kappa shape index (κ3) is 3.82. The lowest BCUT2D eigenvalue weighted by Gasteiger charge is -2.33. The fraction of sp³-hybridized carbons (Fsp3) is 0.296. The van der Waals surface area contributed by atoms with Gasteiger partial charge in [-0.2, -0.15) is 4.31 Å². The normalized spacial score (nSPS) is 25.7. The van der Waals surface area contributed by atoms with Gasteiger partial charge in [0, 0.05) is 5.56 Å². The highest BCUT2D eigenvalue weighted by Crippen LogP contribution is 2.44. The van der Waals surface area contributed by atoms with Crippen LogP contribution in [0.5, 0.6) is 0 Å². The van der Waals surface area contributed by atoms with Crippen LogP contribution in [0.1, 0.15) is 46.5 Å². The highest BCUT2D eigenvalue weighted by molar-refractivity contribution is 7.89. The molecular weight excluding hydrogens is 434 g/mol. The van der Waals surface area contributed by atoms with E-state index in [9.17, 15) is 13.2 Å². The van der Waals surface area contributed by atoms with Crippen molar-refractivity contribution >= 4 is 15.8 Å². The lowest BCUT2D eigenvalue weighted by Crippen LogP contribution is -2.47. The minimum Gasteiger partial charge on any atom is -0.352 e. The number of sulfonamides is 1. The summed E-state index contributed by atoms with van der Waals surface area (Å²) in [5.74, 6) is -0.608. The van der Waals surface area contributed by atoms with E-state index in [1.54, 1.807) is 24.3 Å². The number of carbonyl (C=O) groups is 1. The van der Waals surface area contributed by atoms with Crippen LogP contribution in [0.15, 0.2) is 83.8 Å². The van der Waals surface area contributed by atoms with E-state index in [-0.39, 0.29) is 10.7 Å². The highest BCUT2D eigenvalue weighted by Gasteiger charge is 2.52. The quantitative estimate of drug-likeness (QED) is 0.553. The summed E-state index contributed by atoms with van der Waals surface area (Å²) in [6.07, 6.45) is -0.0528. The summed E-state index contributed by atoms with van der Waals surface area (Å²) >= 11 is 0. The summed E-state index contributed by atoms with van der Waals surface area (Å²) in [6.45, 7) is 3.79. The largest absolute Gasteiger partial charge is 0.352 e. The van der Waals surface area contributed by atoms with E-state index in [0.29, 0.717) is 12.0 Å². The van der Waals surface area contributed by atoms with E-state index < -0.39 is 34.3 Å². The molecule has 1 aliphatic heterocycles. The van der Waals surface area contributed by atoms with Gasteiger partial charge in [0.25, 0.3) is 0 Å². The van der Waals surface area contributed by atoms with Gasteiger partial charge in [-0.3, -0.25) is 4.79 Å². The first-order chi connectivity index (χ1) is 15.9. The maximum atomic E-state index is 13.9. The number of aryl methyl sites for hydroxylation is 2. The van der Waals surface area contributed by atoms with Crippen LogP contribution >= 0.6 is 0 Å². The Bertz CT molecular complexity index is 1270. The lowest BCUT2D eigenvalue weighted by atomic mass is 9.82. The molecule has 0 radical (unpaired) electrons. The Morgan fingerprint density at radius 3 is 2.30 bits per heavy atom. The zero-order valence-electron chi connectivity index (χ0n) is 18.7. The predicted octanol–water partition coefficient (Wildman–Crippen LogP) is 4.92. The standard InChI is InChI=1S/C27H27NO4S/c1-18-12-15-22(16-13-18)33(30,31)28-19(2)26(21-9-4-3-5-10-21)32-27(28)24-17-14-20-8-6-7-11-23(20)25(24)29/h3-13,15-16,19,24,26-27H,14,17H2,1-2H3/t19-,24-,26+,27-/m1/s1. The molecule has 1 aliphatic carbocycles. The monoisotopic (exact) mass is 461 g/mol. The van der Waals surface area contributed by atoms with Gasteiger partial charge in [0.15, 0.2) is 5.78 Å². The molecule has 5 rings (SSSR count). The summed E-state index contributed by atoms with van der Waals surface area (Å²) < 4.78 is 35.6. The van der Waals surface area contributed by atoms with Gasteiger partial charge in [0.05, 0.1) is 16.9 Å². The number of ether oxygens (including phenoxy) is 1. The lowest BCUT2D eigenvalue weighted by molar-refractivity contribution is -0.0155. The van der Waals surface area contributed by atoms with Gasteiger partial charge >= 0.3 is 0 Å². The Labute approximate surface area is 195 Å². The van der Waals surface area contributed by atoms with Gasteiger partial charge in [-0.25, -0.2) is 8.42 Å². The fourth-order valence-electron chi connectivity index (χ4n) is 5.04. The first-order valence-corrected chi connectivity index (χ1v) is 12.7. The average molecular weight is 462 g/mol. The molecule has 1 saturated heterocycles. The number of Topliss-reactive ketones (excluding diaryl/α,β-unsaturated/α-hetero) is 1. The summed E-state index contributed by atoms with van der Waals surface area (Å²) in [5, 5.41) is 0. The van der Waals surface area contributed by atoms with E-state index in [4.69, 9.17) is 4.74 Å². The molecule has 170 valence electrons.